The van der Waals surface area contributed by atoms with Crippen LogP contribution >= 0.6 is 0 Å². The third-order valence-corrected chi connectivity index (χ3v) is 4.07. The SMILES string of the molecule is CCNC(=O)NC(=O)CN1CCN(c2nnnn2-c2ccccc2)CC1. The molecule has 1 saturated heterocycles. The van der Waals surface area contributed by atoms with Crippen molar-refractivity contribution in [3.8, 4) is 5.69 Å². The number of para-hydroxylation sites is 1. The smallest absolute Gasteiger partial charge is 0.321 e. The van der Waals surface area contributed by atoms with Crippen LogP contribution in [-0.4, -0.2) is 76.3 Å². The van der Waals surface area contributed by atoms with E-state index in [2.05, 4.69) is 31.1 Å². The van der Waals surface area contributed by atoms with Crippen molar-refractivity contribution >= 4 is 17.9 Å². The van der Waals surface area contributed by atoms with Gasteiger partial charge >= 0.3 is 6.03 Å². The second-order valence-corrected chi connectivity index (χ2v) is 5.90. The van der Waals surface area contributed by atoms with E-state index in [1.165, 1.54) is 0 Å². The lowest BCUT2D eigenvalue weighted by Crippen LogP contribution is -2.51. The number of nitrogens with one attached hydrogen (secondary N) is 2. The summed E-state index contributed by atoms with van der Waals surface area (Å²) in [7, 11) is 0. The molecule has 0 spiro atoms. The molecule has 26 heavy (non-hydrogen) atoms. The number of nitrogens with zero attached hydrogens (tertiary/aromatic N) is 6. The second-order valence-electron chi connectivity index (χ2n) is 5.90. The van der Waals surface area contributed by atoms with Crippen LogP contribution in [0.1, 0.15) is 6.92 Å². The van der Waals surface area contributed by atoms with Gasteiger partial charge in [-0.3, -0.25) is 15.0 Å². The third-order valence-electron chi connectivity index (χ3n) is 4.07. The minimum Gasteiger partial charge on any atom is -0.338 e. The molecule has 1 fully saturated rings. The summed E-state index contributed by atoms with van der Waals surface area (Å²) in [6, 6.07) is 9.25. The predicted molar refractivity (Wildman–Crippen MR) is 95.0 cm³/mol. The van der Waals surface area contributed by atoms with Crippen molar-refractivity contribution in [3.05, 3.63) is 30.3 Å². The number of hydrogen-bond acceptors (Lipinski definition) is 7. The molecule has 2 heterocycles. The molecule has 1 aromatic heterocycles. The van der Waals surface area contributed by atoms with Crippen LogP contribution in [0.3, 0.4) is 0 Å². The van der Waals surface area contributed by atoms with E-state index in [1.807, 2.05) is 35.2 Å². The van der Waals surface area contributed by atoms with Crippen molar-refractivity contribution in [3.63, 3.8) is 0 Å². The zero-order valence-corrected chi connectivity index (χ0v) is 14.6. The standard InChI is InChI=1S/C16H22N8O2/c1-2-17-15(26)18-14(25)12-22-8-10-23(11-9-22)16-19-20-21-24(16)13-6-4-3-5-7-13/h3-7H,2,8-12H2,1H3,(H2,17,18,25,26). The Morgan fingerprint density at radius 2 is 1.85 bits per heavy atom. The number of urea groups is 1. The lowest BCUT2D eigenvalue weighted by molar-refractivity contribution is -0.121. The van der Waals surface area contributed by atoms with Crippen LogP contribution in [0.25, 0.3) is 5.69 Å². The number of anilines is 1. The number of benzene rings is 1. The quantitative estimate of drug-likeness (QED) is 0.751. The molecule has 3 rings (SSSR count). The van der Waals surface area contributed by atoms with E-state index >= 15 is 0 Å². The number of imide groups is 1. The monoisotopic (exact) mass is 358 g/mol. The number of aromatic nitrogens is 4. The molecule has 0 saturated carbocycles. The molecule has 10 heteroatoms. The van der Waals surface area contributed by atoms with Gasteiger partial charge < -0.3 is 10.2 Å². The first-order chi connectivity index (χ1) is 12.7. The highest BCUT2D eigenvalue weighted by molar-refractivity contribution is 5.95. The predicted octanol–water partition coefficient (Wildman–Crippen LogP) is -0.370. The van der Waals surface area contributed by atoms with Crippen LogP contribution in [0.5, 0.6) is 0 Å². The van der Waals surface area contributed by atoms with Crippen LogP contribution in [0.2, 0.25) is 0 Å². The fraction of sp³-hybridized carbons (Fsp3) is 0.438. The number of piperazine rings is 1. The fourth-order valence-electron chi connectivity index (χ4n) is 2.80. The van der Waals surface area contributed by atoms with Gasteiger partial charge in [0.1, 0.15) is 0 Å². The fourth-order valence-corrected chi connectivity index (χ4v) is 2.80. The van der Waals surface area contributed by atoms with E-state index < -0.39 is 6.03 Å². The summed E-state index contributed by atoms with van der Waals surface area (Å²) < 4.78 is 1.71. The van der Waals surface area contributed by atoms with Gasteiger partial charge in [0.05, 0.1) is 12.2 Å². The summed E-state index contributed by atoms with van der Waals surface area (Å²) in [6.45, 7) is 5.23. The van der Waals surface area contributed by atoms with Crippen LogP contribution in [0.4, 0.5) is 10.7 Å². The van der Waals surface area contributed by atoms with Crippen molar-refractivity contribution in [1.82, 2.24) is 35.7 Å². The summed E-state index contributed by atoms with van der Waals surface area (Å²) in [5.74, 6) is 0.376. The summed E-state index contributed by atoms with van der Waals surface area (Å²) >= 11 is 0. The van der Waals surface area contributed by atoms with Gasteiger partial charge in [-0.2, -0.15) is 4.68 Å². The maximum atomic E-state index is 11.9. The highest BCUT2D eigenvalue weighted by Crippen LogP contribution is 2.16. The summed E-state index contributed by atoms with van der Waals surface area (Å²) in [5, 5.41) is 16.9. The summed E-state index contributed by atoms with van der Waals surface area (Å²) in [6.07, 6.45) is 0. The summed E-state index contributed by atoms with van der Waals surface area (Å²) in [5.41, 5.74) is 0.899. The van der Waals surface area contributed by atoms with Crippen LogP contribution in [-0.2, 0) is 4.79 Å². The minimum atomic E-state index is -0.460. The zero-order chi connectivity index (χ0) is 18.4. The zero-order valence-electron chi connectivity index (χ0n) is 14.6. The molecule has 1 aliphatic heterocycles. The Bertz CT molecular complexity index is 740. The molecule has 0 atom stereocenters. The first-order valence-corrected chi connectivity index (χ1v) is 8.56. The molecule has 0 unspecified atom stereocenters. The topological polar surface area (TPSA) is 108 Å². The molecule has 138 valence electrons. The van der Waals surface area contributed by atoms with Gasteiger partial charge in [-0.1, -0.05) is 23.3 Å². The maximum Gasteiger partial charge on any atom is 0.321 e. The highest BCUT2D eigenvalue weighted by atomic mass is 16.2. The maximum absolute atomic E-state index is 11.9. The molecule has 1 aromatic carbocycles. The van der Waals surface area contributed by atoms with E-state index in [1.54, 1.807) is 11.6 Å². The average Bonchev–Trinajstić information content (AvgIpc) is 3.13. The average molecular weight is 358 g/mol. The van der Waals surface area contributed by atoms with E-state index in [-0.39, 0.29) is 12.5 Å². The Labute approximate surface area is 151 Å². The van der Waals surface area contributed by atoms with Gasteiger partial charge in [0.15, 0.2) is 0 Å². The van der Waals surface area contributed by atoms with Crippen molar-refractivity contribution in [2.24, 2.45) is 0 Å². The first-order valence-electron chi connectivity index (χ1n) is 8.56. The Morgan fingerprint density at radius 1 is 1.12 bits per heavy atom. The van der Waals surface area contributed by atoms with Crippen molar-refractivity contribution in [2.45, 2.75) is 6.92 Å². The number of tetrazole rings is 1. The molecule has 10 nitrogen and oxygen atoms in total. The number of rotatable bonds is 5. The van der Waals surface area contributed by atoms with E-state index in [0.717, 1.165) is 5.69 Å². The number of carbonyl (C=O) groups is 2. The Hall–Kier alpha value is -3.01. The number of hydrogen-bond donors (Lipinski definition) is 2. The van der Waals surface area contributed by atoms with E-state index in [0.29, 0.717) is 38.7 Å². The van der Waals surface area contributed by atoms with Crippen molar-refractivity contribution in [1.29, 1.82) is 0 Å². The Kier molecular flexibility index (Phi) is 5.74. The molecule has 2 aromatic rings. The van der Waals surface area contributed by atoms with Gasteiger partial charge in [-0.05, 0) is 29.5 Å². The van der Waals surface area contributed by atoms with Gasteiger partial charge in [0, 0.05) is 32.7 Å². The largest absolute Gasteiger partial charge is 0.338 e. The highest BCUT2D eigenvalue weighted by Gasteiger charge is 2.23. The van der Waals surface area contributed by atoms with Gasteiger partial charge in [0.2, 0.25) is 11.9 Å². The molecule has 0 bridgehead atoms. The molecule has 1 aliphatic rings. The molecular weight excluding hydrogens is 336 g/mol. The molecule has 0 aliphatic carbocycles. The summed E-state index contributed by atoms with van der Waals surface area (Å²) in [4.78, 5) is 27.4. The third kappa shape index (κ3) is 4.33. The van der Waals surface area contributed by atoms with Crippen LogP contribution < -0.4 is 15.5 Å². The lowest BCUT2D eigenvalue weighted by Gasteiger charge is -2.34. The first kappa shape index (κ1) is 17.8. The number of carbonyl (C=O) groups excluding carboxylic acids is 2. The van der Waals surface area contributed by atoms with Gasteiger partial charge in [0.25, 0.3) is 0 Å². The van der Waals surface area contributed by atoms with Gasteiger partial charge in [-0.15, -0.1) is 0 Å². The Morgan fingerprint density at radius 3 is 2.54 bits per heavy atom. The lowest BCUT2D eigenvalue weighted by atomic mass is 10.3. The molecule has 0 radical (unpaired) electrons. The molecular formula is C16H22N8O2. The number of amides is 3. The van der Waals surface area contributed by atoms with Crippen LogP contribution in [0.15, 0.2) is 30.3 Å². The van der Waals surface area contributed by atoms with E-state index in [9.17, 15) is 9.59 Å². The van der Waals surface area contributed by atoms with Crippen LogP contribution in [0, 0.1) is 0 Å². The minimum absolute atomic E-state index is 0.189. The van der Waals surface area contributed by atoms with Crippen molar-refractivity contribution < 1.29 is 9.59 Å². The van der Waals surface area contributed by atoms with E-state index in [4.69, 9.17) is 0 Å². The Balaban J connectivity index is 1.54. The van der Waals surface area contributed by atoms with Gasteiger partial charge in [-0.25, -0.2) is 4.79 Å². The molecule has 3 amide bonds. The normalized spacial score (nSPS) is 14.9. The second kappa shape index (κ2) is 8.39. The molecule has 2 N–H and O–H groups in total. The van der Waals surface area contributed by atoms with Crippen molar-refractivity contribution in [2.75, 3.05) is 44.2 Å².